The molecule has 1 aromatic carbocycles. The number of aryl methyl sites for hydroxylation is 1. The molecule has 23 heavy (non-hydrogen) atoms. The van der Waals surface area contributed by atoms with Gasteiger partial charge < -0.3 is 14.6 Å². The van der Waals surface area contributed by atoms with Crippen molar-refractivity contribution in [1.29, 1.82) is 0 Å². The van der Waals surface area contributed by atoms with Crippen molar-refractivity contribution in [2.45, 2.75) is 13.0 Å². The van der Waals surface area contributed by atoms with Gasteiger partial charge in [-0.05, 0) is 31.2 Å². The molecule has 1 saturated heterocycles. The number of carbonyl (C=O) groups is 1. The van der Waals surface area contributed by atoms with Gasteiger partial charge >= 0.3 is 0 Å². The second-order valence-corrected chi connectivity index (χ2v) is 5.66. The minimum absolute atomic E-state index is 0.0120. The quantitative estimate of drug-likeness (QED) is 0.755. The topological polar surface area (TPSA) is 86.9 Å². The summed E-state index contributed by atoms with van der Waals surface area (Å²) in [5, 5.41) is 6.91. The number of nitrogens with one attached hydrogen (secondary N) is 2. The SMILES string of the molecule is Cc1nc2ccc(C(=O)N3CCOC[C@@H]3c3ccn[nH]3)cc2[nH]1. The van der Waals surface area contributed by atoms with Crippen molar-refractivity contribution >= 4 is 16.9 Å². The predicted molar refractivity (Wildman–Crippen MR) is 84.0 cm³/mol. The van der Waals surface area contributed by atoms with Gasteiger partial charge in [-0.2, -0.15) is 5.10 Å². The van der Waals surface area contributed by atoms with E-state index in [4.69, 9.17) is 4.74 Å². The van der Waals surface area contributed by atoms with Crippen molar-refractivity contribution in [2.75, 3.05) is 19.8 Å². The van der Waals surface area contributed by atoms with E-state index in [0.29, 0.717) is 25.3 Å². The number of rotatable bonds is 2. The molecule has 0 bridgehead atoms. The number of fused-ring (bicyclic) bond motifs is 1. The molecule has 1 aliphatic rings. The Morgan fingerprint density at radius 3 is 3.13 bits per heavy atom. The zero-order chi connectivity index (χ0) is 15.8. The number of hydrogen-bond acceptors (Lipinski definition) is 4. The highest BCUT2D eigenvalue weighted by Gasteiger charge is 2.30. The summed E-state index contributed by atoms with van der Waals surface area (Å²) in [4.78, 5) is 22.3. The monoisotopic (exact) mass is 311 g/mol. The second kappa shape index (κ2) is 5.51. The van der Waals surface area contributed by atoms with Crippen LogP contribution in [0.4, 0.5) is 0 Å². The van der Waals surface area contributed by atoms with Gasteiger partial charge in [0.2, 0.25) is 0 Å². The van der Waals surface area contributed by atoms with Crippen molar-refractivity contribution in [2.24, 2.45) is 0 Å². The summed E-state index contributed by atoms with van der Waals surface area (Å²) >= 11 is 0. The minimum Gasteiger partial charge on any atom is -0.377 e. The first-order valence-corrected chi connectivity index (χ1v) is 7.57. The molecule has 1 fully saturated rings. The van der Waals surface area contributed by atoms with Gasteiger partial charge in [0.05, 0.1) is 36.0 Å². The molecule has 7 nitrogen and oxygen atoms in total. The molecule has 3 heterocycles. The van der Waals surface area contributed by atoms with Gasteiger partial charge in [-0.25, -0.2) is 4.98 Å². The molecule has 2 N–H and O–H groups in total. The third kappa shape index (κ3) is 2.49. The maximum absolute atomic E-state index is 13.0. The van der Waals surface area contributed by atoms with Crippen molar-refractivity contribution in [3.05, 3.63) is 47.5 Å². The molecular formula is C16H17N5O2. The van der Waals surface area contributed by atoms with Crippen LogP contribution in [0.15, 0.2) is 30.5 Å². The number of amides is 1. The van der Waals surface area contributed by atoms with Crippen LogP contribution in [0.3, 0.4) is 0 Å². The molecule has 1 aliphatic heterocycles. The summed E-state index contributed by atoms with van der Waals surface area (Å²) in [6, 6.07) is 7.29. The average molecular weight is 311 g/mol. The third-order valence-electron chi connectivity index (χ3n) is 4.12. The third-order valence-corrected chi connectivity index (χ3v) is 4.12. The van der Waals surface area contributed by atoms with Crippen LogP contribution in [-0.2, 0) is 4.74 Å². The zero-order valence-electron chi connectivity index (χ0n) is 12.7. The number of carbonyl (C=O) groups excluding carboxylic acids is 1. The smallest absolute Gasteiger partial charge is 0.254 e. The summed E-state index contributed by atoms with van der Waals surface area (Å²) in [7, 11) is 0. The lowest BCUT2D eigenvalue weighted by molar-refractivity contribution is -0.00390. The molecule has 118 valence electrons. The molecule has 0 aliphatic carbocycles. The standard InChI is InChI=1S/C16H17N5O2/c1-10-18-12-3-2-11(8-14(12)19-10)16(22)21-6-7-23-9-15(21)13-4-5-17-20-13/h2-5,8,15H,6-7,9H2,1H3,(H,17,20)(H,18,19)/t15-/m1/s1. The van der Waals surface area contributed by atoms with Crippen molar-refractivity contribution in [3.63, 3.8) is 0 Å². The molecule has 7 heteroatoms. The Bertz CT molecular complexity index is 839. The number of ether oxygens (including phenoxy) is 1. The molecule has 0 spiro atoms. The number of aromatic amines is 2. The maximum Gasteiger partial charge on any atom is 0.254 e. The summed E-state index contributed by atoms with van der Waals surface area (Å²) in [5.74, 6) is 0.827. The summed E-state index contributed by atoms with van der Waals surface area (Å²) in [6.07, 6.45) is 1.69. The average Bonchev–Trinajstić information content (AvgIpc) is 3.21. The first-order chi connectivity index (χ1) is 11.2. The zero-order valence-corrected chi connectivity index (χ0v) is 12.7. The number of benzene rings is 1. The molecule has 0 unspecified atom stereocenters. The van der Waals surface area contributed by atoms with Gasteiger partial charge in [0, 0.05) is 18.3 Å². The fraction of sp³-hybridized carbons (Fsp3) is 0.312. The Kier molecular flexibility index (Phi) is 3.34. The van der Waals surface area contributed by atoms with E-state index in [0.717, 1.165) is 22.6 Å². The van der Waals surface area contributed by atoms with Crippen LogP contribution in [0, 0.1) is 6.92 Å². The molecule has 0 saturated carbocycles. The van der Waals surface area contributed by atoms with E-state index < -0.39 is 0 Å². The van der Waals surface area contributed by atoms with Gasteiger partial charge in [0.25, 0.3) is 5.91 Å². The van der Waals surface area contributed by atoms with Gasteiger partial charge in [0.15, 0.2) is 0 Å². The van der Waals surface area contributed by atoms with Crippen LogP contribution in [-0.4, -0.2) is 50.7 Å². The normalized spacial score (nSPS) is 18.5. The van der Waals surface area contributed by atoms with E-state index in [-0.39, 0.29) is 11.9 Å². The van der Waals surface area contributed by atoms with E-state index in [9.17, 15) is 4.79 Å². The van der Waals surface area contributed by atoms with Crippen LogP contribution in [0.5, 0.6) is 0 Å². The number of hydrogen-bond donors (Lipinski definition) is 2. The molecule has 1 amide bonds. The van der Waals surface area contributed by atoms with E-state index in [2.05, 4.69) is 20.2 Å². The highest BCUT2D eigenvalue weighted by atomic mass is 16.5. The predicted octanol–water partition coefficient (Wildman–Crippen LogP) is 1.81. The Hall–Kier alpha value is -2.67. The number of imidazole rings is 1. The van der Waals surface area contributed by atoms with E-state index >= 15 is 0 Å². The highest BCUT2D eigenvalue weighted by Crippen LogP contribution is 2.25. The van der Waals surface area contributed by atoms with Gasteiger partial charge in [-0.1, -0.05) is 0 Å². The Labute approximate surface area is 132 Å². The molecule has 1 atom stereocenters. The van der Waals surface area contributed by atoms with Gasteiger partial charge in [-0.15, -0.1) is 0 Å². The number of morpholine rings is 1. The lowest BCUT2D eigenvalue weighted by Crippen LogP contribution is -2.43. The molecule has 0 radical (unpaired) electrons. The fourth-order valence-electron chi connectivity index (χ4n) is 2.99. The van der Waals surface area contributed by atoms with Crippen molar-refractivity contribution < 1.29 is 9.53 Å². The van der Waals surface area contributed by atoms with Crippen LogP contribution in [0.1, 0.15) is 27.9 Å². The van der Waals surface area contributed by atoms with Crippen molar-refractivity contribution in [3.8, 4) is 0 Å². The van der Waals surface area contributed by atoms with Crippen LogP contribution in [0.25, 0.3) is 11.0 Å². The molecular weight excluding hydrogens is 294 g/mol. The summed E-state index contributed by atoms with van der Waals surface area (Å²) < 4.78 is 5.54. The number of H-pyrrole nitrogens is 2. The number of aromatic nitrogens is 4. The lowest BCUT2D eigenvalue weighted by atomic mass is 10.1. The molecule has 3 aromatic rings. The Morgan fingerprint density at radius 1 is 1.39 bits per heavy atom. The van der Waals surface area contributed by atoms with E-state index in [1.807, 2.05) is 36.1 Å². The van der Waals surface area contributed by atoms with Gasteiger partial charge in [-0.3, -0.25) is 9.89 Å². The minimum atomic E-state index is -0.141. The first-order valence-electron chi connectivity index (χ1n) is 7.57. The van der Waals surface area contributed by atoms with Crippen LogP contribution in [0.2, 0.25) is 0 Å². The highest BCUT2D eigenvalue weighted by molar-refractivity contribution is 5.97. The van der Waals surface area contributed by atoms with Crippen molar-refractivity contribution in [1.82, 2.24) is 25.1 Å². The van der Waals surface area contributed by atoms with E-state index in [1.54, 1.807) is 6.20 Å². The maximum atomic E-state index is 13.0. The first kappa shape index (κ1) is 14.0. The lowest BCUT2D eigenvalue weighted by Gasteiger charge is -2.35. The second-order valence-electron chi connectivity index (χ2n) is 5.66. The Morgan fingerprint density at radius 2 is 2.30 bits per heavy atom. The number of nitrogens with zero attached hydrogens (tertiary/aromatic N) is 3. The summed E-state index contributed by atoms with van der Waals surface area (Å²) in [5.41, 5.74) is 3.27. The molecule has 2 aromatic heterocycles. The fourth-order valence-corrected chi connectivity index (χ4v) is 2.99. The van der Waals surface area contributed by atoms with E-state index in [1.165, 1.54) is 0 Å². The van der Waals surface area contributed by atoms with Gasteiger partial charge in [0.1, 0.15) is 5.82 Å². The summed E-state index contributed by atoms with van der Waals surface area (Å²) in [6.45, 7) is 3.47. The Balaban J connectivity index is 1.67. The van der Waals surface area contributed by atoms with Crippen LogP contribution >= 0.6 is 0 Å². The largest absolute Gasteiger partial charge is 0.377 e. The molecule has 4 rings (SSSR count). The van der Waals surface area contributed by atoms with Crippen LogP contribution < -0.4 is 0 Å².